The van der Waals surface area contributed by atoms with E-state index in [1.165, 1.54) is 10.9 Å². The van der Waals surface area contributed by atoms with Crippen LogP contribution >= 0.6 is 15.9 Å². The summed E-state index contributed by atoms with van der Waals surface area (Å²) in [6.45, 7) is 0.163. The van der Waals surface area contributed by atoms with Crippen molar-refractivity contribution >= 4 is 21.7 Å². The van der Waals surface area contributed by atoms with E-state index >= 15 is 0 Å². The van der Waals surface area contributed by atoms with Gasteiger partial charge in [0.1, 0.15) is 10.6 Å². The number of aliphatic hydroxyl groups excluding tert-OH is 1. The number of hydrogen-bond donors (Lipinski definition) is 1. The molecule has 1 aromatic carbocycles. The van der Waals surface area contributed by atoms with Gasteiger partial charge in [-0.05, 0) is 26.4 Å². The molecule has 0 aliphatic carbocycles. The fraction of sp³-hybridized carbons (Fsp3) is 0.182. The third kappa shape index (κ3) is 2.74. The maximum Gasteiger partial charge on any atom is 0.404 e. The fourth-order valence-corrected chi connectivity index (χ4v) is 2.02. The van der Waals surface area contributed by atoms with E-state index in [-0.39, 0.29) is 12.4 Å². The summed E-state index contributed by atoms with van der Waals surface area (Å²) in [6, 6.07) is 9.07. The lowest BCUT2D eigenvalue weighted by molar-refractivity contribution is -0.390. The summed E-state index contributed by atoms with van der Waals surface area (Å²) in [5.74, 6) is -0.254. The molecule has 6 nitrogen and oxygen atoms in total. The highest BCUT2D eigenvalue weighted by Crippen LogP contribution is 2.23. The van der Waals surface area contributed by atoms with Crippen molar-refractivity contribution in [1.29, 1.82) is 0 Å². The zero-order valence-corrected chi connectivity index (χ0v) is 10.8. The molecule has 0 bridgehead atoms. The molecular weight excluding hydrogens is 302 g/mol. The van der Waals surface area contributed by atoms with E-state index in [9.17, 15) is 15.2 Å². The maximum atomic E-state index is 10.6. The van der Waals surface area contributed by atoms with Crippen molar-refractivity contribution in [2.24, 2.45) is 0 Å². The third-order valence-corrected chi connectivity index (χ3v) is 2.98. The molecule has 1 N–H and O–H groups in total. The number of nitrogens with zero attached hydrogens (tertiary/aromatic N) is 3. The highest BCUT2D eigenvalue weighted by Gasteiger charge is 2.20. The van der Waals surface area contributed by atoms with E-state index in [1.54, 1.807) is 12.1 Å². The van der Waals surface area contributed by atoms with Crippen molar-refractivity contribution in [2.75, 3.05) is 0 Å². The van der Waals surface area contributed by atoms with Crippen LogP contribution in [0.25, 0.3) is 0 Å². The predicted octanol–water partition coefficient (Wildman–Crippen LogP) is 2.29. The number of rotatable bonds is 4. The molecule has 0 saturated carbocycles. The molecule has 0 radical (unpaired) electrons. The van der Waals surface area contributed by atoms with E-state index in [1.807, 2.05) is 18.2 Å². The van der Waals surface area contributed by atoms with Crippen LogP contribution in [0, 0.1) is 10.1 Å². The molecule has 94 valence electrons. The van der Waals surface area contributed by atoms with Crippen molar-refractivity contribution < 1.29 is 10.0 Å². The number of hydrogen-bond acceptors (Lipinski definition) is 4. The van der Waals surface area contributed by atoms with Crippen LogP contribution in [0.2, 0.25) is 0 Å². The number of aromatic nitrogens is 2. The summed E-state index contributed by atoms with van der Waals surface area (Å²) in [4.78, 5) is 10.1. The first-order chi connectivity index (χ1) is 8.58. The second-order valence-electron chi connectivity index (χ2n) is 3.71. The summed E-state index contributed by atoms with van der Waals surface area (Å²) in [7, 11) is 0. The first kappa shape index (κ1) is 12.7. The maximum absolute atomic E-state index is 10.6. The monoisotopic (exact) mass is 311 g/mol. The number of nitro groups is 1. The highest BCUT2D eigenvalue weighted by atomic mass is 79.9. The minimum Gasteiger partial charge on any atom is -0.386 e. The molecule has 0 saturated heterocycles. The molecule has 2 rings (SSSR count). The average Bonchev–Trinajstić information content (AvgIpc) is 2.71. The molecule has 18 heavy (non-hydrogen) atoms. The Morgan fingerprint density at radius 3 is 2.67 bits per heavy atom. The standard InChI is InChI=1S/C11H10BrN3O3/c12-9-6-14(13-11(9)15(17)18)7-10(16)8-4-2-1-3-5-8/h1-6,10,16H,7H2. The summed E-state index contributed by atoms with van der Waals surface area (Å²) < 4.78 is 1.65. The molecular formula is C11H10BrN3O3. The van der Waals surface area contributed by atoms with Gasteiger partial charge in [-0.15, -0.1) is 0 Å². The van der Waals surface area contributed by atoms with E-state index < -0.39 is 11.0 Å². The molecule has 0 spiro atoms. The molecule has 1 heterocycles. The van der Waals surface area contributed by atoms with Crippen LogP contribution < -0.4 is 0 Å². The van der Waals surface area contributed by atoms with Crippen LogP contribution in [0.4, 0.5) is 5.82 Å². The molecule has 0 aliphatic heterocycles. The summed E-state index contributed by atoms with van der Waals surface area (Å²) in [6.07, 6.45) is 0.724. The Bertz CT molecular complexity index is 556. The third-order valence-electron chi connectivity index (χ3n) is 2.42. The van der Waals surface area contributed by atoms with Gasteiger partial charge in [-0.1, -0.05) is 30.3 Å². The highest BCUT2D eigenvalue weighted by molar-refractivity contribution is 9.10. The fourth-order valence-electron chi connectivity index (χ4n) is 1.56. The minimum atomic E-state index is -0.752. The van der Waals surface area contributed by atoms with Crippen molar-refractivity contribution in [1.82, 2.24) is 9.78 Å². The van der Waals surface area contributed by atoms with Crippen LogP contribution in [-0.4, -0.2) is 19.8 Å². The zero-order chi connectivity index (χ0) is 13.1. The van der Waals surface area contributed by atoms with Crippen molar-refractivity contribution in [3.05, 3.63) is 56.7 Å². The minimum absolute atomic E-state index is 0.163. The smallest absolute Gasteiger partial charge is 0.386 e. The molecule has 0 fully saturated rings. The lowest BCUT2D eigenvalue weighted by atomic mass is 10.1. The normalized spacial score (nSPS) is 12.3. The molecule has 0 aliphatic rings. The molecule has 7 heteroatoms. The van der Waals surface area contributed by atoms with Crippen LogP contribution in [0.1, 0.15) is 11.7 Å². The average molecular weight is 312 g/mol. The Morgan fingerprint density at radius 2 is 2.11 bits per heavy atom. The zero-order valence-electron chi connectivity index (χ0n) is 9.23. The number of benzene rings is 1. The molecule has 1 aromatic heterocycles. The Balaban J connectivity index is 2.15. The van der Waals surface area contributed by atoms with Gasteiger partial charge in [-0.3, -0.25) is 0 Å². The van der Waals surface area contributed by atoms with Crippen molar-refractivity contribution in [2.45, 2.75) is 12.6 Å². The second kappa shape index (κ2) is 5.28. The van der Waals surface area contributed by atoms with Gasteiger partial charge in [0.2, 0.25) is 0 Å². The first-order valence-corrected chi connectivity index (χ1v) is 5.97. The van der Waals surface area contributed by atoms with Gasteiger partial charge in [0, 0.05) is 0 Å². The Hall–Kier alpha value is -1.73. The van der Waals surface area contributed by atoms with Crippen molar-refractivity contribution in [3.63, 3.8) is 0 Å². The van der Waals surface area contributed by atoms with Gasteiger partial charge in [0.25, 0.3) is 0 Å². The number of aliphatic hydroxyl groups is 1. The van der Waals surface area contributed by atoms with E-state index in [4.69, 9.17) is 0 Å². The number of halogens is 1. The van der Waals surface area contributed by atoms with Crippen LogP contribution in [0.5, 0.6) is 0 Å². The van der Waals surface area contributed by atoms with Gasteiger partial charge in [-0.2, -0.15) is 4.68 Å². The molecule has 1 unspecified atom stereocenters. The van der Waals surface area contributed by atoms with Crippen LogP contribution in [0.3, 0.4) is 0 Å². The Labute approximate surface area is 111 Å². The molecule has 2 aromatic rings. The van der Waals surface area contributed by atoms with E-state index in [2.05, 4.69) is 21.0 Å². The second-order valence-corrected chi connectivity index (χ2v) is 4.56. The lowest BCUT2D eigenvalue weighted by Crippen LogP contribution is -2.09. The topological polar surface area (TPSA) is 81.2 Å². The van der Waals surface area contributed by atoms with Crippen LogP contribution in [-0.2, 0) is 6.54 Å². The van der Waals surface area contributed by atoms with E-state index in [0.29, 0.717) is 4.47 Å². The van der Waals surface area contributed by atoms with Gasteiger partial charge >= 0.3 is 5.82 Å². The van der Waals surface area contributed by atoms with Gasteiger partial charge in [-0.25, -0.2) is 0 Å². The Morgan fingerprint density at radius 1 is 1.44 bits per heavy atom. The van der Waals surface area contributed by atoms with Crippen LogP contribution in [0.15, 0.2) is 41.0 Å². The van der Waals surface area contributed by atoms with E-state index in [0.717, 1.165) is 5.56 Å². The quantitative estimate of drug-likeness (QED) is 0.694. The largest absolute Gasteiger partial charge is 0.404 e. The summed E-state index contributed by atoms with van der Waals surface area (Å²) in [5, 5.41) is 24.4. The van der Waals surface area contributed by atoms with Gasteiger partial charge in [0.15, 0.2) is 0 Å². The predicted molar refractivity (Wildman–Crippen MR) is 68.0 cm³/mol. The first-order valence-electron chi connectivity index (χ1n) is 5.18. The van der Waals surface area contributed by atoms with Crippen molar-refractivity contribution in [3.8, 4) is 0 Å². The van der Waals surface area contributed by atoms with Gasteiger partial charge in [0.05, 0.1) is 17.8 Å². The van der Waals surface area contributed by atoms with Gasteiger partial charge < -0.3 is 15.2 Å². The lowest BCUT2D eigenvalue weighted by Gasteiger charge is -2.08. The molecule has 1 atom stereocenters. The summed E-state index contributed by atoms with van der Waals surface area (Å²) in [5.41, 5.74) is 0.742. The summed E-state index contributed by atoms with van der Waals surface area (Å²) >= 11 is 3.06. The Kier molecular flexibility index (Phi) is 3.73. The SMILES string of the molecule is O=[N+]([O-])c1nn(CC(O)c2ccccc2)cc1Br. The molecule has 0 amide bonds.